The molecule has 1 unspecified atom stereocenters. The van der Waals surface area contributed by atoms with Crippen molar-refractivity contribution in [1.29, 1.82) is 5.26 Å². The Labute approximate surface area is 103 Å². The zero-order valence-electron chi connectivity index (χ0n) is 9.79. The maximum atomic E-state index is 10.7. The molecule has 0 aliphatic rings. The van der Waals surface area contributed by atoms with Gasteiger partial charge in [-0.3, -0.25) is 4.79 Å². The number of hydrogen-bond acceptors (Lipinski definition) is 4. The molecule has 0 bridgehead atoms. The number of aryl methyl sites for hydroxylation is 1. The average Bonchev–Trinajstić information content (AvgIpc) is 2.65. The summed E-state index contributed by atoms with van der Waals surface area (Å²) in [4.78, 5) is 15.0. The van der Waals surface area contributed by atoms with Gasteiger partial charge in [-0.2, -0.15) is 5.26 Å². The summed E-state index contributed by atoms with van der Waals surface area (Å²) in [6, 6.07) is 6.22. The van der Waals surface area contributed by atoms with Crippen molar-refractivity contribution in [3.05, 3.63) is 29.6 Å². The topological polar surface area (TPSA) is 105 Å². The fourth-order valence-electron chi connectivity index (χ4n) is 1.79. The minimum Gasteiger partial charge on any atom is -0.480 e. The van der Waals surface area contributed by atoms with Crippen LogP contribution in [0, 0.1) is 11.3 Å². The Balaban J connectivity index is 2.44. The molecule has 1 aromatic heterocycles. The predicted molar refractivity (Wildman–Crippen MR) is 64.7 cm³/mol. The molecule has 1 heterocycles. The molecule has 6 heteroatoms. The SMILES string of the molecule is Cn1c(CC(N)C(=O)O)nc2cc(C#N)ccc21. The molecular weight excluding hydrogens is 232 g/mol. The molecule has 0 fully saturated rings. The van der Waals surface area contributed by atoms with Crippen molar-refractivity contribution in [2.75, 3.05) is 0 Å². The number of carboxylic acid groups (broad SMARTS) is 1. The quantitative estimate of drug-likeness (QED) is 0.813. The highest BCUT2D eigenvalue weighted by Gasteiger charge is 2.16. The van der Waals surface area contributed by atoms with E-state index in [1.807, 2.05) is 6.07 Å². The monoisotopic (exact) mass is 244 g/mol. The largest absolute Gasteiger partial charge is 0.480 e. The summed E-state index contributed by atoms with van der Waals surface area (Å²) >= 11 is 0. The van der Waals surface area contributed by atoms with E-state index >= 15 is 0 Å². The maximum absolute atomic E-state index is 10.7. The maximum Gasteiger partial charge on any atom is 0.320 e. The van der Waals surface area contributed by atoms with Crippen LogP contribution in [0.5, 0.6) is 0 Å². The lowest BCUT2D eigenvalue weighted by atomic mass is 10.2. The summed E-state index contributed by atoms with van der Waals surface area (Å²) in [6.07, 6.45) is 0.155. The second-order valence-electron chi connectivity index (χ2n) is 4.05. The summed E-state index contributed by atoms with van der Waals surface area (Å²) in [5.74, 6) is -0.463. The van der Waals surface area contributed by atoms with Crippen LogP contribution in [0.15, 0.2) is 18.2 Å². The van der Waals surface area contributed by atoms with E-state index in [2.05, 4.69) is 4.98 Å². The number of fused-ring (bicyclic) bond motifs is 1. The molecule has 0 spiro atoms. The van der Waals surface area contributed by atoms with Gasteiger partial charge in [0, 0.05) is 13.5 Å². The van der Waals surface area contributed by atoms with Crippen molar-refractivity contribution < 1.29 is 9.90 Å². The van der Waals surface area contributed by atoms with Gasteiger partial charge in [-0.25, -0.2) is 4.98 Å². The van der Waals surface area contributed by atoms with E-state index in [9.17, 15) is 4.79 Å². The summed E-state index contributed by atoms with van der Waals surface area (Å²) in [5.41, 5.74) is 7.53. The smallest absolute Gasteiger partial charge is 0.320 e. The van der Waals surface area contributed by atoms with E-state index in [0.717, 1.165) is 5.52 Å². The lowest BCUT2D eigenvalue weighted by molar-refractivity contribution is -0.138. The van der Waals surface area contributed by atoms with Crippen LogP contribution in [0.2, 0.25) is 0 Å². The number of hydrogen-bond donors (Lipinski definition) is 2. The first-order valence-electron chi connectivity index (χ1n) is 5.36. The van der Waals surface area contributed by atoms with Crippen LogP contribution < -0.4 is 5.73 Å². The van der Waals surface area contributed by atoms with Gasteiger partial charge >= 0.3 is 5.97 Å². The van der Waals surface area contributed by atoms with Crippen molar-refractivity contribution in [1.82, 2.24) is 9.55 Å². The second-order valence-corrected chi connectivity index (χ2v) is 4.05. The number of carbonyl (C=O) groups is 1. The zero-order chi connectivity index (χ0) is 13.3. The number of nitrogens with zero attached hydrogens (tertiary/aromatic N) is 3. The van der Waals surface area contributed by atoms with Crippen LogP contribution in [0.25, 0.3) is 11.0 Å². The van der Waals surface area contributed by atoms with Crippen LogP contribution in [0.1, 0.15) is 11.4 Å². The molecule has 0 aliphatic carbocycles. The van der Waals surface area contributed by atoms with Gasteiger partial charge in [0.1, 0.15) is 11.9 Å². The van der Waals surface area contributed by atoms with Gasteiger partial charge in [0.05, 0.1) is 22.7 Å². The van der Waals surface area contributed by atoms with Gasteiger partial charge in [0.15, 0.2) is 0 Å². The number of rotatable bonds is 3. The first-order chi connectivity index (χ1) is 8.52. The summed E-state index contributed by atoms with van der Waals surface area (Å²) < 4.78 is 1.79. The third kappa shape index (κ3) is 2.04. The Kier molecular flexibility index (Phi) is 3.00. The van der Waals surface area contributed by atoms with E-state index in [0.29, 0.717) is 16.9 Å². The van der Waals surface area contributed by atoms with Crippen LogP contribution in [-0.2, 0) is 18.3 Å². The molecular formula is C12H12N4O2. The first-order valence-corrected chi connectivity index (χ1v) is 5.36. The second kappa shape index (κ2) is 4.47. The van der Waals surface area contributed by atoms with Gasteiger partial charge in [0.2, 0.25) is 0 Å². The molecule has 92 valence electrons. The number of imidazole rings is 1. The molecule has 2 rings (SSSR count). The molecule has 0 saturated carbocycles. The van der Waals surface area contributed by atoms with Crippen LogP contribution in [-0.4, -0.2) is 26.7 Å². The predicted octanol–water partition coefficient (Wildman–Crippen LogP) is 0.399. The van der Waals surface area contributed by atoms with Gasteiger partial charge in [-0.05, 0) is 18.2 Å². The lowest BCUT2D eigenvalue weighted by Crippen LogP contribution is -2.33. The van der Waals surface area contributed by atoms with Crippen LogP contribution in [0.4, 0.5) is 0 Å². The van der Waals surface area contributed by atoms with Crippen LogP contribution in [0.3, 0.4) is 0 Å². The molecule has 1 aromatic carbocycles. The fourth-order valence-corrected chi connectivity index (χ4v) is 1.79. The fraction of sp³-hybridized carbons (Fsp3) is 0.250. The van der Waals surface area contributed by atoms with Crippen molar-refractivity contribution in [2.24, 2.45) is 12.8 Å². The number of nitrogens with two attached hydrogens (primary N) is 1. The van der Waals surface area contributed by atoms with Crippen LogP contribution >= 0.6 is 0 Å². The normalized spacial score (nSPS) is 12.3. The Morgan fingerprint density at radius 3 is 3.00 bits per heavy atom. The summed E-state index contributed by atoms with van der Waals surface area (Å²) in [5, 5.41) is 17.6. The number of nitriles is 1. The van der Waals surface area contributed by atoms with Gasteiger partial charge in [0.25, 0.3) is 0 Å². The highest BCUT2D eigenvalue weighted by Crippen LogP contribution is 2.17. The first kappa shape index (κ1) is 12.1. The molecule has 0 saturated heterocycles. The lowest BCUT2D eigenvalue weighted by Gasteiger charge is -2.05. The highest BCUT2D eigenvalue weighted by atomic mass is 16.4. The minimum atomic E-state index is -1.06. The van der Waals surface area contributed by atoms with Crippen molar-refractivity contribution in [3.63, 3.8) is 0 Å². The zero-order valence-corrected chi connectivity index (χ0v) is 9.79. The van der Waals surface area contributed by atoms with Gasteiger partial charge in [-0.1, -0.05) is 0 Å². The minimum absolute atomic E-state index is 0.155. The standard InChI is InChI=1S/C12H12N4O2/c1-16-10-3-2-7(6-13)4-9(10)15-11(16)5-8(14)12(17)18/h2-4,8H,5,14H2,1H3,(H,17,18). The van der Waals surface area contributed by atoms with E-state index in [4.69, 9.17) is 16.1 Å². The number of carboxylic acids is 1. The van der Waals surface area contributed by atoms with Crippen molar-refractivity contribution in [2.45, 2.75) is 12.5 Å². The van der Waals surface area contributed by atoms with E-state index < -0.39 is 12.0 Å². The molecule has 0 aliphatic heterocycles. The molecule has 6 nitrogen and oxygen atoms in total. The van der Waals surface area contributed by atoms with E-state index in [1.165, 1.54) is 0 Å². The Morgan fingerprint density at radius 1 is 1.67 bits per heavy atom. The Bertz CT molecular complexity index is 654. The Hall–Kier alpha value is -2.39. The molecule has 18 heavy (non-hydrogen) atoms. The van der Waals surface area contributed by atoms with Crippen molar-refractivity contribution >= 4 is 17.0 Å². The molecule has 0 radical (unpaired) electrons. The Morgan fingerprint density at radius 2 is 2.39 bits per heavy atom. The third-order valence-corrected chi connectivity index (χ3v) is 2.82. The highest BCUT2D eigenvalue weighted by molar-refractivity contribution is 5.78. The number of benzene rings is 1. The molecule has 2 aromatic rings. The van der Waals surface area contributed by atoms with Gasteiger partial charge in [-0.15, -0.1) is 0 Å². The molecule has 1 atom stereocenters. The average molecular weight is 244 g/mol. The number of aromatic nitrogens is 2. The molecule has 3 N–H and O–H groups in total. The number of aliphatic carboxylic acids is 1. The summed E-state index contributed by atoms with van der Waals surface area (Å²) in [6.45, 7) is 0. The van der Waals surface area contributed by atoms with E-state index in [-0.39, 0.29) is 6.42 Å². The summed E-state index contributed by atoms with van der Waals surface area (Å²) in [7, 11) is 1.80. The molecule has 0 amide bonds. The van der Waals surface area contributed by atoms with Gasteiger partial charge < -0.3 is 15.4 Å². The third-order valence-electron chi connectivity index (χ3n) is 2.82. The van der Waals surface area contributed by atoms with E-state index in [1.54, 1.807) is 29.8 Å². The van der Waals surface area contributed by atoms with Crippen molar-refractivity contribution in [3.8, 4) is 6.07 Å².